The van der Waals surface area contributed by atoms with Gasteiger partial charge < -0.3 is 28.8 Å². The lowest BCUT2D eigenvalue weighted by molar-refractivity contribution is -0.870. The van der Waals surface area contributed by atoms with Crippen LogP contribution in [0.2, 0.25) is 0 Å². The third-order valence-corrected chi connectivity index (χ3v) is 15.8. The van der Waals surface area contributed by atoms with E-state index in [1.54, 1.807) is 6.08 Å². The van der Waals surface area contributed by atoms with Gasteiger partial charge in [0.15, 0.2) is 0 Å². The van der Waals surface area contributed by atoms with Crippen LogP contribution in [0, 0.1) is 0 Å². The molecule has 0 fully saturated rings. The number of phosphoric acid groups is 1. The van der Waals surface area contributed by atoms with Gasteiger partial charge in [-0.2, -0.15) is 0 Å². The summed E-state index contributed by atoms with van der Waals surface area (Å²) in [6.45, 7) is 4.67. The zero-order valence-corrected chi connectivity index (χ0v) is 51.0. The zero-order chi connectivity index (χ0) is 54.2. The first-order valence-corrected chi connectivity index (χ1v) is 33.8. The van der Waals surface area contributed by atoms with Gasteiger partial charge in [-0.05, 0) is 44.9 Å². The Morgan fingerprint density at radius 2 is 0.757 bits per heavy atom. The fourth-order valence-electron chi connectivity index (χ4n) is 9.78. The van der Waals surface area contributed by atoms with Crippen LogP contribution in [0.4, 0.5) is 0 Å². The standard InChI is InChI=1S/C65H127N2O6P/c1-6-8-10-12-14-16-18-20-22-24-26-28-29-30-31-32-33-34-35-36-37-38-39-40-42-44-46-48-50-52-54-56-58-64(68)63(62-73-74(70,71)72-61-60-67(3,4)5)66-65(69)59-57-55-53-51-49-47-45-43-41-27-25-23-21-19-17-15-13-11-9-7-2/h40,42,48,50,56,58,63-64,68H,6-39,41,43-47,49,51-55,57,59-62H2,1-5H3,(H-,66,69,70,71)/b42-40+,50-48+,58-56+. The molecule has 0 bridgehead atoms. The number of phosphoric ester groups is 1. The van der Waals surface area contributed by atoms with Crippen molar-refractivity contribution in [2.24, 2.45) is 0 Å². The topological polar surface area (TPSA) is 108 Å². The Bertz CT molecular complexity index is 1300. The molecular weight excluding hydrogens is 936 g/mol. The number of carbonyl (C=O) groups excluding carboxylic acids is 1. The van der Waals surface area contributed by atoms with Crippen LogP contribution in [0.5, 0.6) is 0 Å². The van der Waals surface area contributed by atoms with Crippen molar-refractivity contribution in [1.82, 2.24) is 5.32 Å². The average Bonchev–Trinajstić information content (AvgIpc) is 3.36. The Morgan fingerprint density at radius 3 is 1.09 bits per heavy atom. The minimum Gasteiger partial charge on any atom is -0.756 e. The normalized spacial score (nSPS) is 14.0. The molecule has 438 valence electrons. The smallest absolute Gasteiger partial charge is 0.268 e. The number of hydrogen-bond donors (Lipinski definition) is 2. The van der Waals surface area contributed by atoms with Gasteiger partial charge in [-0.3, -0.25) is 9.36 Å². The predicted octanol–water partition coefficient (Wildman–Crippen LogP) is 19.5. The Hall–Kier alpha value is -1.28. The molecule has 3 unspecified atom stereocenters. The number of hydrogen-bond acceptors (Lipinski definition) is 6. The monoisotopic (exact) mass is 1060 g/mol. The zero-order valence-electron chi connectivity index (χ0n) is 50.1. The molecule has 3 atom stereocenters. The van der Waals surface area contributed by atoms with Gasteiger partial charge in [0.2, 0.25) is 5.91 Å². The lowest BCUT2D eigenvalue weighted by Crippen LogP contribution is -2.45. The summed E-state index contributed by atoms with van der Waals surface area (Å²) in [5, 5.41) is 13.9. The molecule has 0 saturated heterocycles. The summed E-state index contributed by atoms with van der Waals surface area (Å²) in [6, 6.07) is -0.908. The van der Waals surface area contributed by atoms with Crippen molar-refractivity contribution in [3.05, 3.63) is 36.5 Å². The lowest BCUT2D eigenvalue weighted by atomic mass is 10.0. The number of aliphatic hydroxyl groups excluding tert-OH is 1. The number of allylic oxidation sites excluding steroid dienone is 5. The molecule has 1 amide bonds. The van der Waals surface area contributed by atoms with Crippen molar-refractivity contribution >= 4 is 13.7 Å². The quantitative estimate of drug-likeness (QED) is 0.0272. The van der Waals surface area contributed by atoms with E-state index >= 15 is 0 Å². The molecule has 0 aromatic rings. The Labute approximate surface area is 461 Å². The van der Waals surface area contributed by atoms with E-state index in [0.29, 0.717) is 17.4 Å². The van der Waals surface area contributed by atoms with Gasteiger partial charge in [0.05, 0.1) is 39.9 Å². The van der Waals surface area contributed by atoms with E-state index in [1.807, 2.05) is 27.2 Å². The summed E-state index contributed by atoms with van der Waals surface area (Å²) in [4.78, 5) is 25.5. The maximum Gasteiger partial charge on any atom is 0.268 e. The molecule has 74 heavy (non-hydrogen) atoms. The summed E-state index contributed by atoms with van der Waals surface area (Å²) >= 11 is 0. The minimum absolute atomic E-state index is 0.00724. The van der Waals surface area contributed by atoms with Gasteiger partial charge in [-0.1, -0.05) is 307 Å². The van der Waals surface area contributed by atoms with Crippen molar-refractivity contribution in [2.75, 3.05) is 40.9 Å². The van der Waals surface area contributed by atoms with Gasteiger partial charge in [0.1, 0.15) is 13.2 Å². The van der Waals surface area contributed by atoms with Gasteiger partial charge >= 0.3 is 0 Å². The van der Waals surface area contributed by atoms with Crippen molar-refractivity contribution < 1.29 is 32.9 Å². The van der Waals surface area contributed by atoms with Gasteiger partial charge in [-0.25, -0.2) is 0 Å². The van der Waals surface area contributed by atoms with E-state index in [0.717, 1.165) is 44.9 Å². The third kappa shape index (κ3) is 58.4. The van der Waals surface area contributed by atoms with E-state index in [2.05, 4.69) is 43.5 Å². The van der Waals surface area contributed by atoms with E-state index in [4.69, 9.17) is 9.05 Å². The number of rotatable bonds is 60. The number of amides is 1. The average molecular weight is 1060 g/mol. The first-order valence-electron chi connectivity index (χ1n) is 32.4. The molecule has 0 aliphatic carbocycles. The Morgan fingerprint density at radius 1 is 0.459 bits per heavy atom. The number of nitrogens with one attached hydrogen (secondary N) is 1. The van der Waals surface area contributed by atoms with Gasteiger partial charge in [0, 0.05) is 6.42 Å². The second kappa shape index (κ2) is 56.4. The highest BCUT2D eigenvalue weighted by atomic mass is 31.2. The van der Waals surface area contributed by atoms with Crippen LogP contribution in [-0.4, -0.2) is 68.5 Å². The molecule has 0 heterocycles. The van der Waals surface area contributed by atoms with Crippen LogP contribution in [-0.2, 0) is 18.4 Å². The van der Waals surface area contributed by atoms with E-state index in [-0.39, 0.29) is 12.5 Å². The predicted molar refractivity (Wildman–Crippen MR) is 321 cm³/mol. The number of unbranched alkanes of at least 4 members (excludes halogenated alkanes) is 43. The molecule has 0 rings (SSSR count). The molecule has 2 N–H and O–H groups in total. The maximum atomic E-state index is 13.0. The van der Waals surface area contributed by atoms with Crippen molar-refractivity contribution in [3.8, 4) is 0 Å². The number of nitrogens with zero attached hydrogens (tertiary/aromatic N) is 1. The number of carbonyl (C=O) groups is 1. The molecule has 0 aromatic carbocycles. The SMILES string of the molecule is CCCCCCCCCCCCCCCCCCCCCCCC/C=C/CC/C=C/CC/C=C/C(O)C(COP(=O)([O-])OCC[N+](C)(C)C)NC(=O)CCCCCCCCCCCCCCCCCCCCCC. The van der Waals surface area contributed by atoms with E-state index < -0.39 is 26.6 Å². The largest absolute Gasteiger partial charge is 0.756 e. The first kappa shape index (κ1) is 72.7. The highest BCUT2D eigenvalue weighted by Crippen LogP contribution is 2.38. The highest BCUT2D eigenvalue weighted by Gasteiger charge is 2.23. The van der Waals surface area contributed by atoms with Crippen LogP contribution in [0.15, 0.2) is 36.5 Å². The molecule has 0 saturated carbocycles. The van der Waals surface area contributed by atoms with Gasteiger partial charge in [-0.15, -0.1) is 0 Å². The van der Waals surface area contributed by atoms with E-state index in [1.165, 1.54) is 257 Å². The second-order valence-corrected chi connectivity index (χ2v) is 24.9. The Kier molecular flexibility index (Phi) is 55.5. The number of aliphatic hydroxyl groups is 1. The fourth-order valence-corrected chi connectivity index (χ4v) is 10.5. The molecule has 9 heteroatoms. The maximum absolute atomic E-state index is 13.0. The summed E-state index contributed by atoms with van der Waals surface area (Å²) in [5.41, 5.74) is 0. The minimum atomic E-state index is -4.61. The Balaban J connectivity index is 4.15. The highest BCUT2D eigenvalue weighted by molar-refractivity contribution is 7.45. The van der Waals surface area contributed by atoms with Crippen LogP contribution >= 0.6 is 7.82 Å². The molecule has 0 radical (unpaired) electrons. The third-order valence-electron chi connectivity index (χ3n) is 14.8. The fraction of sp³-hybridized carbons (Fsp3) is 0.892. The molecular formula is C65H127N2O6P. The van der Waals surface area contributed by atoms with Crippen LogP contribution < -0.4 is 10.2 Å². The second-order valence-electron chi connectivity index (χ2n) is 23.5. The molecule has 0 aliphatic heterocycles. The molecule has 0 spiro atoms. The number of likely N-dealkylation sites (N-methyl/N-ethyl adjacent to an activating group) is 1. The van der Waals surface area contributed by atoms with Crippen LogP contribution in [0.25, 0.3) is 0 Å². The first-order chi connectivity index (χ1) is 36.0. The molecule has 0 aromatic heterocycles. The summed E-state index contributed by atoms with van der Waals surface area (Å²) in [7, 11) is 1.25. The van der Waals surface area contributed by atoms with Crippen molar-refractivity contribution in [3.63, 3.8) is 0 Å². The van der Waals surface area contributed by atoms with Crippen molar-refractivity contribution in [1.29, 1.82) is 0 Å². The molecule has 0 aliphatic rings. The summed E-state index contributed by atoms with van der Waals surface area (Å²) in [5.74, 6) is -0.205. The number of quaternary nitrogens is 1. The summed E-state index contributed by atoms with van der Waals surface area (Å²) in [6.07, 6.45) is 74.0. The van der Waals surface area contributed by atoms with Crippen LogP contribution in [0.3, 0.4) is 0 Å². The van der Waals surface area contributed by atoms with Crippen molar-refractivity contribution in [2.45, 2.75) is 334 Å². The van der Waals surface area contributed by atoms with Gasteiger partial charge in [0.25, 0.3) is 7.82 Å². The lowest BCUT2D eigenvalue weighted by Gasteiger charge is -2.29. The van der Waals surface area contributed by atoms with E-state index in [9.17, 15) is 19.4 Å². The molecule has 8 nitrogen and oxygen atoms in total. The summed E-state index contributed by atoms with van der Waals surface area (Å²) < 4.78 is 23.4. The van der Waals surface area contributed by atoms with Crippen LogP contribution in [0.1, 0.15) is 322 Å².